The lowest BCUT2D eigenvalue weighted by atomic mass is 10.2. The van der Waals surface area contributed by atoms with Gasteiger partial charge in [-0.25, -0.2) is 0 Å². The van der Waals surface area contributed by atoms with Gasteiger partial charge in [0.2, 0.25) is 0 Å². The van der Waals surface area contributed by atoms with E-state index < -0.39 is 30.0 Å². The molecule has 2 atom stereocenters. The third kappa shape index (κ3) is 14.5. The topological polar surface area (TPSA) is 170 Å². The third-order valence-electron chi connectivity index (χ3n) is 2.34. The van der Waals surface area contributed by atoms with Crippen LogP contribution in [-0.4, -0.2) is 63.6 Å². The molecule has 2 unspecified atom stereocenters. The van der Waals surface area contributed by atoms with Crippen LogP contribution in [0, 0.1) is 0 Å². The number of aliphatic carboxylic acids is 3. The van der Waals surface area contributed by atoms with Gasteiger partial charge in [0.1, 0.15) is 12.1 Å². The molecule has 0 aliphatic heterocycles. The Labute approximate surface area is 122 Å². The molecule has 0 aliphatic carbocycles. The highest BCUT2D eigenvalue weighted by Crippen LogP contribution is 1.93. The Balaban J connectivity index is 0. The maximum atomic E-state index is 10.4. The van der Waals surface area contributed by atoms with Crippen LogP contribution in [0.4, 0.5) is 0 Å². The fraction of sp³-hybridized carbons (Fsp3) is 0.750. The highest BCUT2D eigenvalue weighted by atomic mass is 16.4. The standard InChI is InChI=1S/C7H15NO3.C5H9NO4/c1-2-4-8-6(3-5-9)7(10)11;6-3(5(9)10)1-2-4(7)8/h6,8-9H,2-5H2,1H3,(H,10,11);3H,1-2,6H2,(H,7,8)(H,9,10). The number of aliphatic hydroxyl groups is 1. The van der Waals surface area contributed by atoms with Crippen LogP contribution in [0.25, 0.3) is 0 Å². The number of aliphatic hydroxyl groups excluding tert-OH is 1. The van der Waals surface area contributed by atoms with Crippen molar-refractivity contribution in [3.8, 4) is 0 Å². The molecule has 0 aliphatic rings. The second kappa shape index (κ2) is 13.3. The van der Waals surface area contributed by atoms with Gasteiger partial charge in [-0.05, 0) is 25.8 Å². The summed E-state index contributed by atoms with van der Waals surface area (Å²) in [6, 6.07) is -1.66. The first kappa shape index (κ1) is 21.6. The minimum atomic E-state index is -1.17. The summed E-state index contributed by atoms with van der Waals surface area (Å²) in [5, 5.41) is 36.1. The van der Waals surface area contributed by atoms with Crippen molar-refractivity contribution in [3.05, 3.63) is 0 Å². The number of hydrogen-bond donors (Lipinski definition) is 6. The maximum Gasteiger partial charge on any atom is 0.320 e. The molecule has 0 aromatic carbocycles. The Morgan fingerprint density at radius 3 is 2.00 bits per heavy atom. The van der Waals surface area contributed by atoms with Crippen molar-refractivity contribution in [2.75, 3.05) is 13.2 Å². The molecule has 0 bridgehead atoms. The molecule has 0 saturated carbocycles. The molecule has 0 amide bonds. The van der Waals surface area contributed by atoms with Crippen LogP contribution in [-0.2, 0) is 14.4 Å². The summed E-state index contributed by atoms with van der Waals surface area (Å²) in [5.41, 5.74) is 5.00. The zero-order valence-electron chi connectivity index (χ0n) is 12.0. The molecule has 0 spiro atoms. The van der Waals surface area contributed by atoms with E-state index in [9.17, 15) is 14.4 Å². The largest absolute Gasteiger partial charge is 0.481 e. The van der Waals surface area contributed by atoms with Gasteiger partial charge in [0.05, 0.1) is 0 Å². The molecule has 0 fully saturated rings. The molecule has 0 aromatic rings. The molecule has 0 radical (unpaired) electrons. The van der Waals surface area contributed by atoms with Crippen LogP contribution in [0.3, 0.4) is 0 Å². The van der Waals surface area contributed by atoms with Gasteiger partial charge in [0.15, 0.2) is 0 Å². The summed E-state index contributed by atoms with van der Waals surface area (Å²) in [6.07, 6.45) is 0.947. The van der Waals surface area contributed by atoms with E-state index in [1.165, 1.54) is 0 Å². The fourth-order valence-electron chi connectivity index (χ4n) is 1.16. The highest BCUT2D eigenvalue weighted by molar-refractivity contribution is 5.74. The zero-order chi connectivity index (χ0) is 16.8. The first-order valence-corrected chi connectivity index (χ1v) is 6.53. The lowest BCUT2D eigenvalue weighted by molar-refractivity contribution is -0.141. The van der Waals surface area contributed by atoms with E-state index in [-0.39, 0.29) is 25.9 Å². The van der Waals surface area contributed by atoms with Gasteiger partial charge in [-0.3, -0.25) is 14.4 Å². The lowest BCUT2D eigenvalue weighted by Crippen LogP contribution is -2.37. The Morgan fingerprint density at radius 2 is 1.67 bits per heavy atom. The van der Waals surface area contributed by atoms with E-state index in [1.807, 2.05) is 6.92 Å². The van der Waals surface area contributed by atoms with Gasteiger partial charge in [-0.2, -0.15) is 0 Å². The van der Waals surface area contributed by atoms with E-state index >= 15 is 0 Å². The van der Waals surface area contributed by atoms with E-state index in [1.54, 1.807) is 0 Å². The first-order valence-electron chi connectivity index (χ1n) is 6.53. The molecule has 124 valence electrons. The van der Waals surface area contributed by atoms with E-state index in [4.69, 9.17) is 26.2 Å². The Kier molecular flexibility index (Phi) is 13.7. The van der Waals surface area contributed by atoms with Crippen LogP contribution in [0.2, 0.25) is 0 Å². The van der Waals surface area contributed by atoms with Crippen molar-refractivity contribution in [1.29, 1.82) is 0 Å². The number of carboxylic acids is 3. The number of nitrogens with two attached hydrogens (primary N) is 1. The van der Waals surface area contributed by atoms with Crippen LogP contribution in [0.5, 0.6) is 0 Å². The predicted octanol–water partition coefficient (Wildman–Crippen LogP) is -0.915. The first-order chi connectivity index (χ1) is 9.76. The molecular formula is C12H24N2O7. The number of carboxylic acid groups (broad SMARTS) is 3. The minimum absolute atomic E-state index is 0.0231. The van der Waals surface area contributed by atoms with Crippen molar-refractivity contribution in [2.45, 2.75) is 44.7 Å². The van der Waals surface area contributed by atoms with Crippen molar-refractivity contribution in [1.82, 2.24) is 5.32 Å². The van der Waals surface area contributed by atoms with Crippen LogP contribution in [0.15, 0.2) is 0 Å². The number of carbonyl (C=O) groups is 3. The summed E-state index contributed by atoms with van der Waals surface area (Å²) in [6.45, 7) is 2.55. The third-order valence-corrected chi connectivity index (χ3v) is 2.34. The van der Waals surface area contributed by atoms with Gasteiger partial charge in [0, 0.05) is 13.0 Å². The number of hydrogen-bond acceptors (Lipinski definition) is 6. The molecule has 9 heteroatoms. The summed E-state index contributed by atoms with van der Waals surface area (Å²) < 4.78 is 0. The monoisotopic (exact) mass is 308 g/mol. The van der Waals surface area contributed by atoms with Crippen LogP contribution >= 0.6 is 0 Å². The van der Waals surface area contributed by atoms with Crippen LogP contribution in [0.1, 0.15) is 32.6 Å². The highest BCUT2D eigenvalue weighted by Gasteiger charge is 2.14. The smallest absolute Gasteiger partial charge is 0.320 e. The molecular weight excluding hydrogens is 284 g/mol. The quantitative estimate of drug-likeness (QED) is 0.299. The van der Waals surface area contributed by atoms with Gasteiger partial charge < -0.3 is 31.5 Å². The molecule has 7 N–H and O–H groups in total. The molecule has 0 saturated heterocycles. The minimum Gasteiger partial charge on any atom is -0.481 e. The normalized spacial score (nSPS) is 12.7. The number of rotatable bonds is 10. The lowest BCUT2D eigenvalue weighted by Gasteiger charge is -2.11. The Bertz CT molecular complexity index is 323. The Morgan fingerprint density at radius 1 is 1.10 bits per heavy atom. The summed E-state index contributed by atoms with van der Waals surface area (Å²) in [4.78, 5) is 30.3. The maximum absolute atomic E-state index is 10.4. The van der Waals surface area contributed by atoms with Crippen LogP contribution < -0.4 is 11.1 Å². The van der Waals surface area contributed by atoms with E-state index in [2.05, 4.69) is 5.32 Å². The second-order valence-corrected chi connectivity index (χ2v) is 4.23. The molecule has 9 nitrogen and oxygen atoms in total. The average Bonchev–Trinajstić information content (AvgIpc) is 2.40. The van der Waals surface area contributed by atoms with Crippen molar-refractivity contribution < 1.29 is 34.8 Å². The summed E-state index contributed by atoms with van der Waals surface area (Å²) in [7, 11) is 0. The van der Waals surface area contributed by atoms with Gasteiger partial charge >= 0.3 is 17.9 Å². The SMILES string of the molecule is CCCNC(CCO)C(=O)O.NC(CCC(=O)O)C(=O)O. The van der Waals surface area contributed by atoms with E-state index in [0.29, 0.717) is 6.54 Å². The van der Waals surface area contributed by atoms with Crippen molar-refractivity contribution in [3.63, 3.8) is 0 Å². The molecule has 0 rings (SSSR count). The summed E-state index contributed by atoms with van der Waals surface area (Å²) in [5.74, 6) is -3.09. The molecule has 0 aromatic heterocycles. The van der Waals surface area contributed by atoms with E-state index in [0.717, 1.165) is 6.42 Å². The van der Waals surface area contributed by atoms with Crippen molar-refractivity contribution >= 4 is 17.9 Å². The van der Waals surface area contributed by atoms with Gasteiger partial charge in [-0.1, -0.05) is 6.92 Å². The van der Waals surface area contributed by atoms with Gasteiger partial charge in [-0.15, -0.1) is 0 Å². The fourth-order valence-corrected chi connectivity index (χ4v) is 1.16. The second-order valence-electron chi connectivity index (χ2n) is 4.23. The molecule has 21 heavy (non-hydrogen) atoms. The molecule has 0 heterocycles. The number of nitrogens with one attached hydrogen (secondary N) is 1. The summed E-state index contributed by atoms with van der Waals surface area (Å²) >= 11 is 0. The Hall–Kier alpha value is -1.71. The zero-order valence-corrected chi connectivity index (χ0v) is 12.0. The predicted molar refractivity (Wildman–Crippen MR) is 73.9 cm³/mol. The average molecular weight is 308 g/mol. The van der Waals surface area contributed by atoms with Gasteiger partial charge in [0.25, 0.3) is 0 Å². The van der Waals surface area contributed by atoms with Crippen molar-refractivity contribution in [2.24, 2.45) is 5.73 Å².